The molecule has 0 aliphatic heterocycles. The first-order valence-electron chi connectivity index (χ1n) is 7.39. The third kappa shape index (κ3) is 2.99. The van der Waals surface area contributed by atoms with Gasteiger partial charge in [-0.2, -0.15) is 0 Å². The van der Waals surface area contributed by atoms with E-state index in [4.69, 9.17) is 0 Å². The number of anilines is 1. The van der Waals surface area contributed by atoms with Crippen molar-refractivity contribution in [3.8, 4) is 0 Å². The van der Waals surface area contributed by atoms with Gasteiger partial charge in [-0.15, -0.1) is 0 Å². The van der Waals surface area contributed by atoms with E-state index in [2.05, 4.69) is 10.3 Å². The van der Waals surface area contributed by atoms with Crippen LogP contribution in [0.3, 0.4) is 0 Å². The van der Waals surface area contributed by atoms with Crippen LogP contribution < -0.4 is 5.32 Å². The molecule has 1 heterocycles. The second kappa shape index (κ2) is 6.04. The monoisotopic (exact) mass is 307 g/mol. The van der Waals surface area contributed by atoms with E-state index >= 15 is 0 Å². The number of benzene rings is 2. The number of nitrogens with one attached hydrogen (secondary N) is 1. The van der Waals surface area contributed by atoms with Gasteiger partial charge in [0.1, 0.15) is 6.04 Å². The Kier molecular flexibility index (Phi) is 3.93. The maximum Gasteiger partial charge on any atom is 0.247 e. The molecule has 0 radical (unpaired) electrons. The van der Waals surface area contributed by atoms with Crippen LogP contribution in [0, 0.1) is 0 Å². The quantitative estimate of drug-likeness (QED) is 0.751. The lowest BCUT2D eigenvalue weighted by Crippen LogP contribution is -2.23. The summed E-state index contributed by atoms with van der Waals surface area (Å²) in [6.07, 6.45) is 1.67. The number of fused-ring (bicyclic) bond motifs is 1. The van der Waals surface area contributed by atoms with Crippen LogP contribution in [0.2, 0.25) is 0 Å². The maximum atomic E-state index is 12.5. The van der Waals surface area contributed by atoms with Gasteiger partial charge in [0.2, 0.25) is 5.91 Å². The molecule has 0 saturated heterocycles. The fraction of sp³-hybridized carbons (Fsp3) is 0.167. The van der Waals surface area contributed by atoms with E-state index in [1.807, 2.05) is 35.8 Å². The molecule has 0 aliphatic carbocycles. The number of nitrogens with zero attached hydrogens (tertiary/aromatic N) is 2. The number of carbonyl (C=O) groups is 2. The van der Waals surface area contributed by atoms with E-state index in [1.165, 1.54) is 6.92 Å². The summed E-state index contributed by atoms with van der Waals surface area (Å²) >= 11 is 0. The Morgan fingerprint density at radius 1 is 1.13 bits per heavy atom. The molecular formula is C18H17N3O2. The van der Waals surface area contributed by atoms with Crippen molar-refractivity contribution in [2.45, 2.75) is 19.9 Å². The Morgan fingerprint density at radius 3 is 2.70 bits per heavy atom. The number of hydrogen-bond donors (Lipinski definition) is 1. The van der Waals surface area contributed by atoms with Crippen molar-refractivity contribution >= 4 is 28.4 Å². The van der Waals surface area contributed by atoms with Crippen molar-refractivity contribution in [3.05, 3.63) is 60.4 Å². The van der Waals surface area contributed by atoms with Gasteiger partial charge < -0.3 is 9.88 Å². The highest BCUT2D eigenvalue weighted by molar-refractivity contribution is 5.98. The number of amides is 1. The largest absolute Gasteiger partial charge is 0.324 e. The summed E-state index contributed by atoms with van der Waals surface area (Å²) in [5, 5.41) is 2.85. The van der Waals surface area contributed by atoms with Gasteiger partial charge in [0.05, 0.1) is 17.4 Å². The average Bonchev–Trinajstić information content (AvgIpc) is 2.98. The Hall–Kier alpha value is -2.95. The molecule has 1 aromatic heterocycles. The SMILES string of the molecule is CC(=O)c1cccc(NC(=O)C(C)n2cnc3ccccc32)c1. The molecule has 1 atom stereocenters. The van der Waals surface area contributed by atoms with Crippen molar-refractivity contribution in [2.24, 2.45) is 0 Å². The Labute approximate surface area is 134 Å². The lowest BCUT2D eigenvalue weighted by Gasteiger charge is -2.15. The second-order valence-electron chi connectivity index (χ2n) is 5.44. The lowest BCUT2D eigenvalue weighted by atomic mass is 10.1. The number of imidazole rings is 1. The molecule has 3 rings (SSSR count). The molecule has 1 unspecified atom stereocenters. The summed E-state index contributed by atoms with van der Waals surface area (Å²) in [4.78, 5) is 28.2. The van der Waals surface area contributed by atoms with Gasteiger partial charge in [-0.25, -0.2) is 4.98 Å². The minimum Gasteiger partial charge on any atom is -0.324 e. The summed E-state index contributed by atoms with van der Waals surface area (Å²) in [6, 6.07) is 14.2. The number of aromatic nitrogens is 2. The summed E-state index contributed by atoms with van der Waals surface area (Å²) in [6.45, 7) is 3.32. The standard InChI is InChI=1S/C18H17N3O2/c1-12(21-11-19-16-8-3-4-9-17(16)21)18(23)20-15-7-5-6-14(10-15)13(2)22/h3-12H,1-2H3,(H,20,23). The van der Waals surface area contributed by atoms with Gasteiger partial charge in [-0.3, -0.25) is 9.59 Å². The number of ketones is 1. The normalized spacial score (nSPS) is 12.1. The molecule has 0 fully saturated rings. The van der Waals surface area contributed by atoms with Gasteiger partial charge >= 0.3 is 0 Å². The van der Waals surface area contributed by atoms with Crippen molar-refractivity contribution in [2.75, 3.05) is 5.32 Å². The van der Waals surface area contributed by atoms with E-state index in [-0.39, 0.29) is 11.7 Å². The fourth-order valence-corrected chi connectivity index (χ4v) is 2.48. The predicted molar refractivity (Wildman–Crippen MR) is 89.5 cm³/mol. The van der Waals surface area contributed by atoms with Crippen LogP contribution in [-0.4, -0.2) is 21.2 Å². The zero-order valence-electron chi connectivity index (χ0n) is 13.0. The third-order valence-electron chi connectivity index (χ3n) is 3.81. The van der Waals surface area contributed by atoms with Crippen LogP contribution in [0.25, 0.3) is 11.0 Å². The molecule has 2 aromatic carbocycles. The minimum atomic E-state index is -0.414. The smallest absolute Gasteiger partial charge is 0.247 e. The Morgan fingerprint density at radius 2 is 1.91 bits per heavy atom. The Bertz CT molecular complexity index is 883. The average molecular weight is 307 g/mol. The molecule has 1 amide bonds. The van der Waals surface area contributed by atoms with Crippen LogP contribution in [0.15, 0.2) is 54.9 Å². The van der Waals surface area contributed by atoms with Crippen LogP contribution in [0.1, 0.15) is 30.2 Å². The molecular weight excluding hydrogens is 290 g/mol. The van der Waals surface area contributed by atoms with Crippen molar-refractivity contribution < 1.29 is 9.59 Å². The van der Waals surface area contributed by atoms with Crippen molar-refractivity contribution in [1.82, 2.24) is 9.55 Å². The number of Topliss-reactive ketones (excluding diaryl/α,β-unsaturated/α-hetero) is 1. The number of para-hydroxylation sites is 2. The van der Waals surface area contributed by atoms with Gasteiger partial charge in [-0.05, 0) is 38.1 Å². The molecule has 116 valence electrons. The molecule has 3 aromatic rings. The van der Waals surface area contributed by atoms with Gasteiger partial charge in [0.15, 0.2) is 5.78 Å². The molecule has 0 bridgehead atoms. The molecule has 5 nitrogen and oxygen atoms in total. The van der Waals surface area contributed by atoms with Crippen molar-refractivity contribution in [3.63, 3.8) is 0 Å². The summed E-state index contributed by atoms with van der Waals surface area (Å²) < 4.78 is 1.83. The molecule has 23 heavy (non-hydrogen) atoms. The lowest BCUT2D eigenvalue weighted by molar-refractivity contribution is -0.118. The summed E-state index contributed by atoms with van der Waals surface area (Å²) in [5.74, 6) is -0.191. The predicted octanol–water partition coefficient (Wildman–Crippen LogP) is 3.44. The maximum absolute atomic E-state index is 12.5. The van der Waals surface area contributed by atoms with Gasteiger partial charge in [0.25, 0.3) is 0 Å². The van der Waals surface area contributed by atoms with E-state index in [0.717, 1.165) is 11.0 Å². The topological polar surface area (TPSA) is 64.0 Å². The second-order valence-corrected chi connectivity index (χ2v) is 5.44. The molecule has 5 heteroatoms. The van der Waals surface area contributed by atoms with Crippen LogP contribution in [0.4, 0.5) is 5.69 Å². The van der Waals surface area contributed by atoms with Gasteiger partial charge in [-0.1, -0.05) is 24.3 Å². The molecule has 0 saturated carbocycles. The summed E-state index contributed by atoms with van der Waals surface area (Å²) in [5.41, 5.74) is 2.95. The Balaban J connectivity index is 1.83. The first-order chi connectivity index (χ1) is 11.1. The van der Waals surface area contributed by atoms with Gasteiger partial charge in [0, 0.05) is 11.3 Å². The fourth-order valence-electron chi connectivity index (χ4n) is 2.48. The van der Waals surface area contributed by atoms with E-state index in [0.29, 0.717) is 11.3 Å². The first kappa shape index (κ1) is 15.0. The van der Waals surface area contributed by atoms with E-state index < -0.39 is 6.04 Å². The van der Waals surface area contributed by atoms with E-state index in [1.54, 1.807) is 30.6 Å². The van der Waals surface area contributed by atoms with E-state index in [9.17, 15) is 9.59 Å². The number of carbonyl (C=O) groups excluding carboxylic acids is 2. The van der Waals surface area contributed by atoms with Crippen LogP contribution in [0.5, 0.6) is 0 Å². The highest BCUT2D eigenvalue weighted by atomic mass is 16.2. The third-order valence-corrected chi connectivity index (χ3v) is 3.81. The highest BCUT2D eigenvalue weighted by Crippen LogP contribution is 2.19. The van der Waals surface area contributed by atoms with Crippen molar-refractivity contribution in [1.29, 1.82) is 0 Å². The number of hydrogen-bond acceptors (Lipinski definition) is 3. The van der Waals surface area contributed by atoms with Crippen LogP contribution >= 0.6 is 0 Å². The first-order valence-corrected chi connectivity index (χ1v) is 7.39. The summed E-state index contributed by atoms with van der Waals surface area (Å²) in [7, 11) is 0. The molecule has 0 spiro atoms. The molecule has 1 N–H and O–H groups in total. The molecule has 0 aliphatic rings. The van der Waals surface area contributed by atoms with Crippen LogP contribution in [-0.2, 0) is 4.79 Å². The zero-order valence-corrected chi connectivity index (χ0v) is 13.0. The minimum absolute atomic E-state index is 0.0326. The highest BCUT2D eigenvalue weighted by Gasteiger charge is 2.17. The number of rotatable bonds is 4. The zero-order chi connectivity index (χ0) is 16.4.